The maximum absolute atomic E-state index is 10.7. The number of carbonyl (C=O) groups is 2. The summed E-state index contributed by atoms with van der Waals surface area (Å²) in [4.78, 5) is 21.5. The van der Waals surface area contributed by atoms with Crippen LogP contribution in [0, 0.1) is 5.92 Å². The van der Waals surface area contributed by atoms with E-state index in [9.17, 15) is 9.59 Å². The molecule has 4 nitrogen and oxygen atoms in total. The van der Waals surface area contributed by atoms with Gasteiger partial charge in [-0.3, -0.25) is 9.59 Å². The van der Waals surface area contributed by atoms with E-state index in [1.807, 2.05) is 0 Å². The van der Waals surface area contributed by atoms with Gasteiger partial charge in [-0.05, 0) is 0 Å². The van der Waals surface area contributed by atoms with E-state index in [2.05, 4.69) is 14.6 Å². The van der Waals surface area contributed by atoms with Crippen LogP contribution >= 0.6 is 0 Å². The van der Waals surface area contributed by atoms with E-state index in [1.165, 1.54) is 0 Å². The van der Waals surface area contributed by atoms with Gasteiger partial charge in [0.15, 0.2) is 0 Å². The van der Waals surface area contributed by atoms with Gasteiger partial charge in [-0.15, -0.1) is 0 Å². The highest BCUT2D eigenvalue weighted by Crippen LogP contribution is 2.45. The lowest BCUT2D eigenvalue weighted by Gasteiger charge is -2.40. The summed E-state index contributed by atoms with van der Waals surface area (Å²) >= 11 is 0. The largest absolute Gasteiger partial charge is 0.481 e. The summed E-state index contributed by atoms with van der Waals surface area (Å²) in [7, 11) is 4.30. The first-order chi connectivity index (χ1) is 8.54. The SMILES string of the molecule is O=C(O)CC1[B]C2[B]C(CC(=O)O)CCC2CC1. The summed E-state index contributed by atoms with van der Waals surface area (Å²) in [5, 5.41) is 17.6. The fourth-order valence-electron chi connectivity index (χ4n) is 3.37. The Morgan fingerprint density at radius 3 is 1.72 bits per heavy atom. The van der Waals surface area contributed by atoms with Gasteiger partial charge in [-0.1, -0.05) is 49.0 Å². The molecule has 0 aromatic heterocycles. The number of hydrogen-bond acceptors (Lipinski definition) is 2. The third-order valence-electron chi connectivity index (χ3n) is 4.22. The van der Waals surface area contributed by atoms with Crippen LogP contribution in [0.1, 0.15) is 38.5 Å². The minimum Gasteiger partial charge on any atom is -0.481 e. The highest BCUT2D eigenvalue weighted by atomic mass is 16.4. The first kappa shape index (κ1) is 13.5. The second kappa shape index (κ2) is 5.81. The molecule has 0 spiro atoms. The summed E-state index contributed by atoms with van der Waals surface area (Å²) in [5.41, 5.74) is 0.321. The van der Waals surface area contributed by atoms with Crippen LogP contribution in [0.2, 0.25) is 17.4 Å². The summed E-state index contributed by atoms with van der Waals surface area (Å²) in [6.45, 7) is 0. The predicted octanol–water partition coefficient (Wildman–Crippen LogP) is 1.87. The third kappa shape index (κ3) is 3.53. The van der Waals surface area contributed by atoms with Crippen molar-refractivity contribution in [3.8, 4) is 0 Å². The summed E-state index contributed by atoms with van der Waals surface area (Å²) < 4.78 is 0. The smallest absolute Gasteiger partial charge is 0.302 e. The van der Waals surface area contributed by atoms with Crippen molar-refractivity contribution in [2.24, 2.45) is 5.92 Å². The molecular formula is C12H18B2O4. The zero-order chi connectivity index (χ0) is 13.1. The topological polar surface area (TPSA) is 74.6 Å². The lowest BCUT2D eigenvalue weighted by Crippen LogP contribution is -2.36. The number of carboxylic acids is 2. The first-order valence-corrected chi connectivity index (χ1v) is 6.68. The van der Waals surface area contributed by atoms with E-state index >= 15 is 0 Å². The molecule has 18 heavy (non-hydrogen) atoms. The van der Waals surface area contributed by atoms with Gasteiger partial charge in [0, 0.05) is 12.8 Å². The monoisotopic (exact) mass is 248 g/mol. The Balaban J connectivity index is 1.87. The average Bonchev–Trinajstić information content (AvgIpc) is 2.26. The summed E-state index contributed by atoms with van der Waals surface area (Å²) in [6.07, 6.45) is 4.50. The molecule has 2 aliphatic heterocycles. The Labute approximate surface area is 109 Å². The number of carboxylic acid groups (broad SMARTS) is 2. The Kier molecular flexibility index (Phi) is 4.36. The van der Waals surface area contributed by atoms with Crippen LogP contribution in [0.5, 0.6) is 0 Å². The molecule has 2 N–H and O–H groups in total. The van der Waals surface area contributed by atoms with Crippen molar-refractivity contribution >= 4 is 26.5 Å². The maximum Gasteiger partial charge on any atom is 0.302 e. The van der Waals surface area contributed by atoms with Crippen molar-refractivity contribution < 1.29 is 19.8 Å². The van der Waals surface area contributed by atoms with Crippen LogP contribution in [-0.2, 0) is 9.59 Å². The molecule has 2 atom stereocenters. The van der Waals surface area contributed by atoms with E-state index in [0.29, 0.717) is 11.6 Å². The molecule has 2 heterocycles. The molecule has 2 aliphatic rings. The second-order valence-electron chi connectivity index (χ2n) is 5.59. The molecule has 0 amide bonds. The van der Waals surface area contributed by atoms with Crippen LogP contribution in [0.3, 0.4) is 0 Å². The number of fused-ring (bicyclic) bond motifs is 1. The average molecular weight is 248 g/mol. The van der Waals surface area contributed by atoms with E-state index in [0.717, 1.165) is 25.7 Å². The molecule has 0 aromatic rings. The second-order valence-corrected chi connectivity index (χ2v) is 5.59. The molecule has 0 aliphatic carbocycles. The van der Waals surface area contributed by atoms with Crippen molar-refractivity contribution in [1.29, 1.82) is 0 Å². The summed E-state index contributed by atoms with van der Waals surface area (Å²) in [5.74, 6) is -0.563. The van der Waals surface area contributed by atoms with Gasteiger partial charge in [0.1, 0.15) is 14.6 Å². The van der Waals surface area contributed by atoms with Crippen molar-refractivity contribution in [1.82, 2.24) is 0 Å². The fourth-order valence-corrected chi connectivity index (χ4v) is 3.37. The molecule has 0 bridgehead atoms. The minimum absolute atomic E-state index is 0.156. The zero-order valence-electron chi connectivity index (χ0n) is 10.4. The van der Waals surface area contributed by atoms with Crippen LogP contribution in [0.15, 0.2) is 0 Å². The maximum atomic E-state index is 10.7. The third-order valence-corrected chi connectivity index (χ3v) is 4.22. The van der Waals surface area contributed by atoms with Crippen LogP contribution in [0.4, 0.5) is 0 Å². The van der Waals surface area contributed by atoms with E-state index in [1.54, 1.807) is 0 Å². The molecule has 96 valence electrons. The number of aliphatic carboxylic acids is 2. The van der Waals surface area contributed by atoms with Crippen molar-refractivity contribution in [3.63, 3.8) is 0 Å². The van der Waals surface area contributed by atoms with Gasteiger partial charge in [-0.25, -0.2) is 0 Å². The summed E-state index contributed by atoms with van der Waals surface area (Å²) in [6, 6.07) is 0. The van der Waals surface area contributed by atoms with E-state index < -0.39 is 11.9 Å². The quantitative estimate of drug-likeness (QED) is 0.744. The van der Waals surface area contributed by atoms with Gasteiger partial charge >= 0.3 is 11.9 Å². The highest BCUT2D eigenvalue weighted by molar-refractivity contribution is 6.61. The van der Waals surface area contributed by atoms with Crippen molar-refractivity contribution in [2.45, 2.75) is 55.9 Å². The highest BCUT2D eigenvalue weighted by Gasteiger charge is 2.37. The normalized spacial score (nSPS) is 34.9. The van der Waals surface area contributed by atoms with Gasteiger partial charge in [0.25, 0.3) is 0 Å². The van der Waals surface area contributed by atoms with Crippen LogP contribution in [-0.4, -0.2) is 36.7 Å². The molecule has 2 radical (unpaired) electrons. The minimum atomic E-state index is -0.743. The number of hydrogen-bond donors (Lipinski definition) is 2. The lowest BCUT2D eigenvalue weighted by molar-refractivity contribution is -0.138. The molecule has 0 aromatic carbocycles. The van der Waals surface area contributed by atoms with Crippen molar-refractivity contribution in [2.75, 3.05) is 0 Å². The first-order valence-electron chi connectivity index (χ1n) is 6.68. The Hall–Kier alpha value is -0.930. The van der Waals surface area contributed by atoms with Gasteiger partial charge in [0.05, 0.1) is 0 Å². The standard InChI is InChI=1S/C12H18B2O4/c15-10(16)5-8-3-1-7-2-4-9(6-11(17)18)14-12(7)13-8/h7-9,12H,1-6H2,(H,15,16)(H,17,18). The van der Waals surface area contributed by atoms with Crippen molar-refractivity contribution in [3.05, 3.63) is 0 Å². The molecular weight excluding hydrogens is 230 g/mol. The number of rotatable bonds is 4. The molecule has 2 fully saturated rings. The predicted molar refractivity (Wildman–Crippen MR) is 69.2 cm³/mol. The Morgan fingerprint density at radius 1 is 0.889 bits per heavy atom. The molecule has 0 saturated carbocycles. The van der Waals surface area contributed by atoms with E-state index in [-0.39, 0.29) is 24.5 Å². The molecule has 2 rings (SSSR count). The molecule has 2 unspecified atom stereocenters. The van der Waals surface area contributed by atoms with Crippen LogP contribution < -0.4 is 0 Å². The van der Waals surface area contributed by atoms with Crippen LogP contribution in [0.25, 0.3) is 0 Å². The van der Waals surface area contributed by atoms with Gasteiger partial charge < -0.3 is 10.2 Å². The molecule has 2 saturated heterocycles. The van der Waals surface area contributed by atoms with Gasteiger partial charge in [-0.2, -0.15) is 0 Å². The molecule has 6 heteroatoms. The van der Waals surface area contributed by atoms with E-state index in [4.69, 9.17) is 10.2 Å². The Morgan fingerprint density at radius 2 is 1.33 bits per heavy atom. The van der Waals surface area contributed by atoms with Gasteiger partial charge in [0.2, 0.25) is 0 Å². The Bertz CT molecular complexity index is 304. The lowest BCUT2D eigenvalue weighted by atomic mass is 9.28. The zero-order valence-corrected chi connectivity index (χ0v) is 10.4. The fraction of sp³-hybridized carbons (Fsp3) is 0.833.